The number of hydrogen-bond acceptors (Lipinski definition) is 3. The average molecular weight is 1040 g/mol. The van der Waals surface area contributed by atoms with Crippen LogP contribution in [0.3, 0.4) is 0 Å². The number of hydrogen-bond donors (Lipinski definition) is 1. The summed E-state index contributed by atoms with van der Waals surface area (Å²) in [6, 6.07) is 44.3. The van der Waals surface area contributed by atoms with Gasteiger partial charge in [-0.05, 0) is 116 Å². The largest absolute Gasteiger partial charge is 0.507 e. The number of aromatic nitrogens is 3. The molecule has 4 nitrogen and oxygen atoms in total. The zero-order valence-corrected chi connectivity index (χ0v) is 42.2. The molecule has 0 fully saturated rings. The summed E-state index contributed by atoms with van der Waals surface area (Å²) in [5.74, 6) is -0.283. The zero-order valence-electron chi connectivity index (χ0n) is 43.9. The number of phenols is 1. The second-order valence-electron chi connectivity index (χ2n) is 20.2. The van der Waals surface area contributed by atoms with Crippen molar-refractivity contribution in [3.8, 4) is 67.5 Å². The van der Waals surface area contributed by atoms with Gasteiger partial charge in [0.15, 0.2) is 0 Å². The van der Waals surface area contributed by atoms with E-state index in [-0.39, 0.29) is 55.0 Å². The fraction of sp³-hybridized carbons (Fsp3) is 0.300. The molecule has 0 spiro atoms. The fourth-order valence-electron chi connectivity index (χ4n) is 8.83. The van der Waals surface area contributed by atoms with Gasteiger partial charge >= 0.3 is 0 Å². The van der Waals surface area contributed by atoms with Crippen LogP contribution in [-0.4, -0.2) is 19.6 Å². The van der Waals surface area contributed by atoms with Crippen molar-refractivity contribution in [3.63, 3.8) is 0 Å². The topological polar surface area (TPSA) is 50.9 Å². The number of aromatic hydroxyl groups is 1. The van der Waals surface area contributed by atoms with Crippen LogP contribution in [0.5, 0.6) is 5.75 Å². The molecule has 0 saturated carbocycles. The molecule has 0 aliphatic heterocycles. The molecule has 0 amide bonds. The van der Waals surface area contributed by atoms with Gasteiger partial charge in [0.2, 0.25) is 0 Å². The first kappa shape index (κ1) is 42.1. The molecule has 6 aromatic carbocycles. The van der Waals surface area contributed by atoms with E-state index in [0.29, 0.717) is 28.1 Å². The summed E-state index contributed by atoms with van der Waals surface area (Å²) in [6.45, 7) is 22.6. The summed E-state index contributed by atoms with van der Waals surface area (Å²) in [4.78, 5) is 10.4. The molecular weight excluding hydrogens is 974 g/mol. The molecule has 8 rings (SSSR count). The first-order valence-electron chi connectivity index (χ1n) is 24.6. The minimum atomic E-state index is -2.57. The van der Waals surface area contributed by atoms with Crippen molar-refractivity contribution in [1.82, 2.24) is 14.5 Å². The van der Waals surface area contributed by atoms with Gasteiger partial charge in [-0.1, -0.05) is 173 Å². The molecule has 1 N–H and O–H groups in total. The number of para-hydroxylation sites is 1. The number of aryl methyl sites for hydroxylation is 1. The van der Waals surface area contributed by atoms with Crippen LogP contribution >= 0.6 is 0 Å². The third kappa shape index (κ3) is 9.30. The predicted molar refractivity (Wildman–Crippen MR) is 271 cm³/mol. The van der Waals surface area contributed by atoms with Gasteiger partial charge in [-0.3, -0.25) is 9.55 Å². The van der Waals surface area contributed by atoms with Gasteiger partial charge in [0.25, 0.3) is 0 Å². The number of benzene rings is 6. The zero-order chi connectivity index (χ0) is 49.2. The summed E-state index contributed by atoms with van der Waals surface area (Å²) >= 11 is 0. The Balaban J connectivity index is 0.00000703. The Kier molecular flexibility index (Phi) is 11.9. The van der Waals surface area contributed by atoms with Crippen LogP contribution < -0.4 is 0 Å². The molecule has 65 heavy (non-hydrogen) atoms. The van der Waals surface area contributed by atoms with Gasteiger partial charge in [-0.2, -0.15) is 0 Å². The summed E-state index contributed by atoms with van der Waals surface area (Å²) in [5, 5.41) is 12.3. The SMILES string of the molecule is [2H]C([2H])([2H])c1cc(-c2c(C([2H])(C)C)cccc2C(C)(C)C)ccc1-n1c(-c2cc(C(C)C)cc(C(C)C)c2O)nc2c(-c3[c-]c(-c4cc(-c5ccccc5)ccn4)cc(C(C)(C)C)c3)cccc21.[Pt]. The van der Waals surface area contributed by atoms with E-state index in [2.05, 4.69) is 118 Å². The van der Waals surface area contributed by atoms with Gasteiger partial charge in [-0.25, -0.2) is 4.98 Å². The molecule has 0 aliphatic rings. The molecule has 5 heteroatoms. The number of imidazole rings is 1. The van der Waals surface area contributed by atoms with E-state index in [1.54, 1.807) is 6.07 Å². The van der Waals surface area contributed by atoms with E-state index in [9.17, 15) is 10.6 Å². The summed E-state index contributed by atoms with van der Waals surface area (Å²) < 4.78 is 38.7. The van der Waals surface area contributed by atoms with E-state index < -0.39 is 12.7 Å². The molecule has 8 aromatic rings. The Morgan fingerprint density at radius 3 is 2.05 bits per heavy atom. The van der Waals surface area contributed by atoms with Gasteiger partial charge in [0.05, 0.1) is 22.3 Å². The van der Waals surface area contributed by atoms with Crippen molar-refractivity contribution in [2.24, 2.45) is 0 Å². The van der Waals surface area contributed by atoms with E-state index in [1.807, 2.05) is 97.4 Å². The van der Waals surface area contributed by atoms with Crippen LogP contribution in [0.4, 0.5) is 0 Å². The van der Waals surface area contributed by atoms with Crippen molar-refractivity contribution in [1.29, 1.82) is 0 Å². The fourth-order valence-corrected chi connectivity index (χ4v) is 8.83. The first-order chi connectivity index (χ1) is 31.8. The minimum absolute atomic E-state index is 0. The maximum atomic E-state index is 12.3. The van der Waals surface area contributed by atoms with Crippen molar-refractivity contribution < 1.29 is 31.7 Å². The third-order valence-electron chi connectivity index (χ3n) is 12.5. The maximum absolute atomic E-state index is 12.3. The summed E-state index contributed by atoms with van der Waals surface area (Å²) in [6.07, 6.45) is 1.84. The molecular formula is C60H64N3OPt-. The van der Waals surface area contributed by atoms with Crippen LogP contribution in [0.25, 0.3) is 72.7 Å². The Hall–Kier alpha value is -5.57. The Morgan fingerprint density at radius 2 is 1.38 bits per heavy atom. The summed E-state index contributed by atoms with van der Waals surface area (Å²) in [7, 11) is 0. The van der Waals surface area contributed by atoms with Gasteiger partial charge in [0.1, 0.15) is 11.6 Å². The predicted octanol–water partition coefficient (Wildman–Crippen LogP) is 16.5. The molecule has 0 bridgehead atoms. The first-order valence-corrected chi connectivity index (χ1v) is 22.6. The number of rotatable bonds is 9. The molecule has 0 saturated heterocycles. The molecule has 0 radical (unpaired) electrons. The monoisotopic (exact) mass is 1040 g/mol. The maximum Gasteiger partial charge on any atom is 0.148 e. The second kappa shape index (κ2) is 18.4. The molecule has 0 unspecified atom stereocenters. The van der Waals surface area contributed by atoms with Crippen LogP contribution in [0.15, 0.2) is 128 Å². The molecule has 0 atom stereocenters. The van der Waals surface area contributed by atoms with Crippen molar-refractivity contribution in [2.75, 3.05) is 0 Å². The van der Waals surface area contributed by atoms with Crippen molar-refractivity contribution in [2.45, 2.75) is 118 Å². The van der Waals surface area contributed by atoms with Gasteiger partial charge < -0.3 is 5.11 Å². The normalized spacial score (nSPS) is 13.4. The van der Waals surface area contributed by atoms with Crippen LogP contribution in [0, 0.1) is 12.9 Å². The van der Waals surface area contributed by atoms with Gasteiger partial charge in [-0.15, -0.1) is 29.3 Å². The van der Waals surface area contributed by atoms with E-state index in [4.69, 9.17) is 9.97 Å². The van der Waals surface area contributed by atoms with E-state index in [0.717, 1.165) is 72.5 Å². The Bertz CT molecular complexity index is 3150. The molecule has 0 aliphatic carbocycles. The Morgan fingerprint density at radius 1 is 0.662 bits per heavy atom. The van der Waals surface area contributed by atoms with Crippen LogP contribution in [-0.2, 0) is 31.9 Å². The molecule has 336 valence electrons. The number of pyridine rings is 1. The summed E-state index contributed by atoms with van der Waals surface area (Å²) in [5.41, 5.74) is 13.7. The quantitative estimate of drug-likeness (QED) is 0.147. The minimum Gasteiger partial charge on any atom is -0.507 e. The Labute approximate surface area is 408 Å². The van der Waals surface area contributed by atoms with Crippen LogP contribution in [0.1, 0.15) is 140 Å². The average Bonchev–Trinajstić information content (AvgIpc) is 3.67. The third-order valence-corrected chi connectivity index (χ3v) is 12.5. The standard InChI is InChI=1S/C60H64N3O.Pt/c1-36(2)43-33-49(38(5)6)57(64)50(34-43)58-62-56-48(44-30-45(32-46(31-44)59(8,9)10)52-35-41(27-28-61-52)40-19-15-14-16-20-40)22-18-24-54(56)63(58)53-26-25-42(29-39(53)7)55-47(37(3)4)21-17-23-51(55)60(11,12)13;/h14-29,31-38,64H,1-13H3;/q-1;/i7D3,37D;. The number of nitrogens with zero attached hydrogens (tertiary/aromatic N) is 3. The smallest absolute Gasteiger partial charge is 0.148 e. The van der Waals surface area contributed by atoms with E-state index in [1.165, 1.54) is 0 Å². The van der Waals surface area contributed by atoms with Crippen molar-refractivity contribution >= 4 is 11.0 Å². The molecule has 2 aromatic heterocycles. The number of fused-ring (bicyclic) bond motifs is 1. The molecule has 2 heterocycles. The number of phenolic OH excluding ortho intramolecular Hbond substituents is 1. The van der Waals surface area contributed by atoms with Crippen molar-refractivity contribution in [3.05, 3.63) is 167 Å². The van der Waals surface area contributed by atoms with Gasteiger partial charge in [0, 0.05) is 38.4 Å². The van der Waals surface area contributed by atoms with E-state index >= 15 is 0 Å². The van der Waals surface area contributed by atoms with Crippen LogP contribution in [0.2, 0.25) is 0 Å². The second-order valence-corrected chi connectivity index (χ2v) is 20.2.